The molecule has 2 saturated heterocycles. The monoisotopic (exact) mass is 483 g/mol. The van der Waals surface area contributed by atoms with E-state index in [4.69, 9.17) is 4.74 Å². The number of amides is 2. The second kappa shape index (κ2) is 8.27. The Labute approximate surface area is 197 Å². The normalized spacial score (nSPS) is 29.5. The van der Waals surface area contributed by atoms with Gasteiger partial charge in [-0.1, -0.05) is 6.92 Å². The Bertz CT molecular complexity index is 980. The zero-order valence-electron chi connectivity index (χ0n) is 20.2. The number of carbonyl (C=O) groups excluding carboxylic acids is 2. The number of hydrogen-bond donors (Lipinski definition) is 1. The summed E-state index contributed by atoms with van der Waals surface area (Å²) in [5.41, 5.74) is -2.15. The molecule has 1 N–H and O–H groups in total. The second-order valence-corrected chi connectivity index (χ2v) is 10.7. The smallest absolute Gasteiger partial charge is 0.433 e. The number of aromatic nitrogens is 2. The number of carbonyl (C=O) groups is 2. The molecule has 0 aromatic carbocycles. The van der Waals surface area contributed by atoms with Crippen molar-refractivity contribution in [3.63, 3.8) is 0 Å². The van der Waals surface area contributed by atoms with Crippen LogP contribution in [0.25, 0.3) is 0 Å². The first-order valence-corrected chi connectivity index (χ1v) is 11.7. The van der Waals surface area contributed by atoms with E-state index in [9.17, 15) is 22.8 Å². The average Bonchev–Trinajstić information content (AvgIpc) is 3.21. The number of anilines is 1. The van der Waals surface area contributed by atoms with Crippen molar-refractivity contribution in [3.05, 3.63) is 17.6 Å². The predicted molar refractivity (Wildman–Crippen MR) is 118 cm³/mol. The number of ether oxygens (including phenoxy) is 1. The maximum absolute atomic E-state index is 13.5. The van der Waals surface area contributed by atoms with Crippen LogP contribution in [-0.4, -0.2) is 64.2 Å². The van der Waals surface area contributed by atoms with Crippen molar-refractivity contribution in [2.24, 2.45) is 11.3 Å². The van der Waals surface area contributed by atoms with E-state index in [1.165, 1.54) is 6.92 Å². The summed E-state index contributed by atoms with van der Waals surface area (Å²) >= 11 is 0. The van der Waals surface area contributed by atoms with Gasteiger partial charge in [-0.3, -0.25) is 4.79 Å². The van der Waals surface area contributed by atoms with Gasteiger partial charge in [-0.2, -0.15) is 13.2 Å². The molecule has 1 aliphatic carbocycles. The molecule has 0 bridgehead atoms. The van der Waals surface area contributed by atoms with Gasteiger partial charge in [0.05, 0.1) is 11.5 Å². The lowest BCUT2D eigenvalue weighted by atomic mass is 9.74. The fourth-order valence-corrected chi connectivity index (χ4v) is 5.69. The van der Waals surface area contributed by atoms with Gasteiger partial charge in [0.15, 0.2) is 0 Å². The van der Waals surface area contributed by atoms with Crippen LogP contribution in [0.5, 0.6) is 0 Å². The zero-order chi connectivity index (χ0) is 25.1. The first kappa shape index (κ1) is 24.5. The lowest BCUT2D eigenvalue weighted by Crippen LogP contribution is -2.53. The van der Waals surface area contributed by atoms with Gasteiger partial charge in [-0.15, -0.1) is 0 Å². The number of nitrogens with zero attached hydrogens (tertiary/aromatic N) is 4. The molecule has 1 aromatic rings. The number of fused-ring (bicyclic) bond motifs is 1. The molecule has 1 spiro atoms. The highest BCUT2D eigenvalue weighted by molar-refractivity contribution is 5.87. The Morgan fingerprint density at radius 1 is 1.24 bits per heavy atom. The number of nitrogens with one attached hydrogen (secondary N) is 1. The lowest BCUT2D eigenvalue weighted by molar-refractivity contribution is -0.141. The molecule has 188 valence electrons. The fraction of sp³-hybridized carbons (Fsp3) is 0.739. The summed E-state index contributed by atoms with van der Waals surface area (Å²) in [6, 6.07) is 0.694. The van der Waals surface area contributed by atoms with Crippen molar-refractivity contribution in [3.8, 4) is 0 Å². The molecule has 1 saturated carbocycles. The highest BCUT2D eigenvalue weighted by Crippen LogP contribution is 2.53. The molecule has 3 fully saturated rings. The van der Waals surface area contributed by atoms with Gasteiger partial charge >= 0.3 is 12.3 Å². The molecule has 11 heteroatoms. The number of alkyl carbamates (subject to hydrolysis) is 1. The molecule has 8 nitrogen and oxygen atoms in total. The first-order valence-electron chi connectivity index (χ1n) is 11.7. The summed E-state index contributed by atoms with van der Waals surface area (Å²) in [6.07, 6.45) is -3.17. The summed E-state index contributed by atoms with van der Waals surface area (Å²) < 4.78 is 45.1. The molecule has 3 heterocycles. The first-order chi connectivity index (χ1) is 15.7. The third-order valence-corrected chi connectivity index (χ3v) is 7.26. The molecule has 4 atom stereocenters. The maximum Gasteiger partial charge on any atom is 0.433 e. The third-order valence-electron chi connectivity index (χ3n) is 7.26. The van der Waals surface area contributed by atoms with Crippen LogP contribution in [0, 0.1) is 18.3 Å². The van der Waals surface area contributed by atoms with Gasteiger partial charge in [0.1, 0.15) is 22.9 Å². The number of hydrogen-bond acceptors (Lipinski definition) is 6. The van der Waals surface area contributed by atoms with E-state index < -0.39 is 29.0 Å². The molecule has 2 amide bonds. The van der Waals surface area contributed by atoms with E-state index in [1.54, 1.807) is 20.8 Å². The topological polar surface area (TPSA) is 87.7 Å². The standard InChI is InChI=1S/C23H32F3N5O3/c1-13-16-12-30(18-10-17(23(24,25)26)27-14(2)28-18)8-9-31(16)19(32)22(13)7-6-15(11-22)29-20(33)34-21(3,4)5/h10,13,15-16H,6-9,11-12H2,1-5H3,(H,29,33)/t13?,15-,16?,22+/m1/s1. The number of aryl methyl sites for hydroxylation is 1. The van der Waals surface area contributed by atoms with E-state index in [-0.39, 0.29) is 35.6 Å². The Morgan fingerprint density at radius 3 is 2.59 bits per heavy atom. The quantitative estimate of drug-likeness (QED) is 0.693. The van der Waals surface area contributed by atoms with Crippen LogP contribution in [-0.2, 0) is 15.7 Å². The van der Waals surface area contributed by atoms with Crippen LogP contribution in [0.4, 0.5) is 23.8 Å². The highest BCUT2D eigenvalue weighted by Gasteiger charge is 2.60. The molecule has 2 aliphatic heterocycles. The predicted octanol–water partition coefficient (Wildman–Crippen LogP) is 3.53. The Kier molecular flexibility index (Phi) is 5.96. The van der Waals surface area contributed by atoms with Gasteiger partial charge < -0.3 is 19.9 Å². The van der Waals surface area contributed by atoms with Crippen LogP contribution < -0.4 is 10.2 Å². The molecule has 0 radical (unpaired) electrons. The van der Waals surface area contributed by atoms with Crippen molar-refractivity contribution >= 4 is 17.8 Å². The summed E-state index contributed by atoms with van der Waals surface area (Å²) in [5.74, 6) is 0.355. The van der Waals surface area contributed by atoms with Gasteiger partial charge in [-0.25, -0.2) is 14.8 Å². The van der Waals surface area contributed by atoms with Crippen LogP contribution in [0.3, 0.4) is 0 Å². The van der Waals surface area contributed by atoms with Gasteiger partial charge in [-0.05, 0) is 52.9 Å². The molecular formula is C23H32F3N5O3. The number of alkyl halides is 3. The van der Waals surface area contributed by atoms with E-state index in [0.29, 0.717) is 38.9 Å². The van der Waals surface area contributed by atoms with Crippen molar-refractivity contribution < 1.29 is 27.5 Å². The van der Waals surface area contributed by atoms with Gasteiger partial charge in [0.25, 0.3) is 0 Å². The summed E-state index contributed by atoms with van der Waals surface area (Å²) in [4.78, 5) is 37.2. The Morgan fingerprint density at radius 2 is 1.94 bits per heavy atom. The molecule has 4 rings (SSSR count). The zero-order valence-corrected chi connectivity index (χ0v) is 20.2. The van der Waals surface area contributed by atoms with E-state index in [2.05, 4.69) is 15.3 Å². The minimum Gasteiger partial charge on any atom is -0.444 e. The molecule has 3 aliphatic rings. The van der Waals surface area contributed by atoms with Crippen molar-refractivity contribution in [2.45, 2.75) is 77.7 Å². The van der Waals surface area contributed by atoms with Crippen LogP contribution >= 0.6 is 0 Å². The SMILES string of the molecule is Cc1nc(N2CCN3C(=O)[C@]4(CC[C@@H](NC(=O)OC(C)(C)C)C4)C(C)C3C2)cc(C(F)(F)F)n1. The van der Waals surface area contributed by atoms with Crippen molar-refractivity contribution in [1.82, 2.24) is 20.2 Å². The minimum atomic E-state index is -4.55. The lowest BCUT2D eigenvalue weighted by Gasteiger charge is -2.39. The van der Waals surface area contributed by atoms with Crippen molar-refractivity contribution in [2.75, 3.05) is 24.5 Å². The van der Waals surface area contributed by atoms with Crippen LogP contribution in [0.15, 0.2) is 6.07 Å². The second-order valence-electron chi connectivity index (χ2n) is 10.7. The molecular weight excluding hydrogens is 451 g/mol. The number of piperazine rings is 1. The number of halogens is 3. The summed E-state index contributed by atoms with van der Waals surface area (Å²) in [5, 5.41) is 2.90. The minimum absolute atomic E-state index is 0.0155. The number of rotatable bonds is 2. The van der Waals surface area contributed by atoms with Gasteiger partial charge in [0, 0.05) is 31.7 Å². The summed E-state index contributed by atoms with van der Waals surface area (Å²) in [7, 11) is 0. The Balaban J connectivity index is 1.49. The highest BCUT2D eigenvalue weighted by atomic mass is 19.4. The van der Waals surface area contributed by atoms with E-state index >= 15 is 0 Å². The van der Waals surface area contributed by atoms with E-state index in [0.717, 1.165) is 6.07 Å². The largest absolute Gasteiger partial charge is 0.444 e. The van der Waals surface area contributed by atoms with Crippen LogP contribution in [0.2, 0.25) is 0 Å². The molecule has 34 heavy (non-hydrogen) atoms. The van der Waals surface area contributed by atoms with Gasteiger partial charge in [0.2, 0.25) is 5.91 Å². The van der Waals surface area contributed by atoms with E-state index in [1.807, 2.05) is 16.7 Å². The molecule has 2 unspecified atom stereocenters. The molecule has 1 aromatic heterocycles. The maximum atomic E-state index is 13.5. The summed E-state index contributed by atoms with van der Waals surface area (Å²) in [6.45, 7) is 10.1. The van der Waals surface area contributed by atoms with Crippen LogP contribution in [0.1, 0.15) is 58.5 Å². The third kappa shape index (κ3) is 4.53. The fourth-order valence-electron chi connectivity index (χ4n) is 5.69. The average molecular weight is 484 g/mol. The van der Waals surface area contributed by atoms with Crippen molar-refractivity contribution in [1.29, 1.82) is 0 Å². The Hall–Kier alpha value is -2.59.